The van der Waals surface area contributed by atoms with Crippen LogP contribution < -0.4 is 15.8 Å². The van der Waals surface area contributed by atoms with Crippen molar-refractivity contribution in [3.63, 3.8) is 0 Å². The van der Waals surface area contributed by atoms with Gasteiger partial charge in [0.2, 0.25) is 0 Å². The zero-order chi connectivity index (χ0) is 17.9. The topological polar surface area (TPSA) is 120 Å². The average molecular weight is 368 g/mol. The Bertz CT molecular complexity index is 879. The number of para-hydroxylation sites is 1. The lowest BCUT2D eigenvalue weighted by molar-refractivity contribution is -0.0239. The Morgan fingerprint density at radius 1 is 1.24 bits per heavy atom. The molecule has 1 aromatic carbocycles. The van der Waals surface area contributed by atoms with Crippen molar-refractivity contribution in [3.05, 3.63) is 63.4 Å². The van der Waals surface area contributed by atoms with Crippen LogP contribution in [0.5, 0.6) is 5.75 Å². The first kappa shape index (κ1) is 17.6. The summed E-state index contributed by atoms with van der Waals surface area (Å²) < 4.78 is 28.8. The predicted octanol–water partition coefficient (Wildman–Crippen LogP) is 1.41. The highest BCUT2D eigenvalue weighted by molar-refractivity contribution is 7.47. The summed E-state index contributed by atoms with van der Waals surface area (Å²) in [5.74, 6) is 0.221. The van der Waals surface area contributed by atoms with E-state index in [1.165, 1.54) is 29.0 Å². The second kappa shape index (κ2) is 7.37. The molecule has 2 aromatic rings. The van der Waals surface area contributed by atoms with E-state index in [2.05, 4.69) is 4.98 Å². The second-order valence-corrected chi connectivity index (χ2v) is 6.85. The zero-order valence-corrected chi connectivity index (χ0v) is 14.0. The fourth-order valence-electron chi connectivity index (χ4n) is 2.49. The quantitative estimate of drug-likeness (QED) is 0.740. The molecular formula is C15H17N2O7P. The van der Waals surface area contributed by atoms with Gasteiger partial charge >= 0.3 is 13.5 Å². The lowest BCUT2D eigenvalue weighted by atomic mass is 10.2. The Morgan fingerprint density at radius 3 is 2.72 bits per heavy atom. The van der Waals surface area contributed by atoms with E-state index in [0.717, 1.165) is 0 Å². The number of rotatable bonds is 6. The molecule has 3 atom stereocenters. The fraction of sp³-hybridized carbons (Fsp3) is 0.333. The molecule has 1 saturated heterocycles. The fourth-order valence-corrected chi connectivity index (χ4v) is 3.28. The molecule has 25 heavy (non-hydrogen) atoms. The summed E-state index contributed by atoms with van der Waals surface area (Å²) in [6.45, 7) is -0.158. The standard InChI is InChI=1S/C15H17N2O7P/c18-13-8-9-17(15(19)16-13)14-7-6-12(23-14)10-22-25(20,21)24-11-4-2-1-3-5-11/h1-5,8-9,12,14H,6-7,10H2,(H,20,21)(H,16,18,19)/t12-,14+/m0/s1. The number of aromatic amines is 1. The maximum absolute atomic E-state index is 11.9. The number of ether oxygens (including phenoxy) is 1. The highest BCUT2D eigenvalue weighted by Crippen LogP contribution is 2.44. The van der Waals surface area contributed by atoms with E-state index in [1.807, 2.05) is 0 Å². The number of benzene rings is 1. The van der Waals surface area contributed by atoms with Crippen LogP contribution in [0.25, 0.3) is 0 Å². The minimum atomic E-state index is -4.27. The Balaban J connectivity index is 1.55. The van der Waals surface area contributed by atoms with Crippen molar-refractivity contribution >= 4 is 7.82 Å². The van der Waals surface area contributed by atoms with Crippen molar-refractivity contribution in [2.45, 2.75) is 25.2 Å². The molecule has 0 amide bonds. The molecule has 0 aliphatic carbocycles. The largest absolute Gasteiger partial charge is 0.527 e. The van der Waals surface area contributed by atoms with Gasteiger partial charge in [0.05, 0.1) is 12.7 Å². The van der Waals surface area contributed by atoms with Gasteiger partial charge < -0.3 is 9.26 Å². The molecule has 1 aliphatic heterocycles. The molecule has 3 rings (SSSR count). The van der Waals surface area contributed by atoms with E-state index < -0.39 is 31.4 Å². The molecule has 10 heteroatoms. The van der Waals surface area contributed by atoms with Crippen LogP contribution in [0.15, 0.2) is 52.2 Å². The third-order valence-electron chi connectivity index (χ3n) is 3.63. The number of phosphoric acid groups is 1. The van der Waals surface area contributed by atoms with E-state index in [0.29, 0.717) is 12.8 Å². The Labute approximate surface area is 142 Å². The molecule has 1 unspecified atom stereocenters. The van der Waals surface area contributed by atoms with Crippen molar-refractivity contribution in [1.29, 1.82) is 0 Å². The first-order chi connectivity index (χ1) is 11.9. The molecule has 2 N–H and O–H groups in total. The molecule has 0 saturated carbocycles. The third-order valence-corrected chi connectivity index (χ3v) is 4.55. The lowest BCUT2D eigenvalue weighted by Gasteiger charge is -2.17. The van der Waals surface area contributed by atoms with Gasteiger partial charge in [-0.1, -0.05) is 18.2 Å². The first-order valence-electron chi connectivity index (χ1n) is 7.62. The van der Waals surface area contributed by atoms with E-state index in [4.69, 9.17) is 13.8 Å². The molecule has 1 aliphatic rings. The number of hydrogen-bond acceptors (Lipinski definition) is 6. The van der Waals surface area contributed by atoms with Crippen molar-refractivity contribution in [1.82, 2.24) is 9.55 Å². The van der Waals surface area contributed by atoms with Gasteiger partial charge in [0.15, 0.2) is 0 Å². The minimum Gasteiger partial charge on any atom is -0.404 e. The van der Waals surface area contributed by atoms with Crippen molar-refractivity contribution < 1.29 is 23.2 Å². The van der Waals surface area contributed by atoms with Crippen LogP contribution in [0.2, 0.25) is 0 Å². The molecule has 2 heterocycles. The molecule has 0 spiro atoms. The van der Waals surface area contributed by atoms with Gasteiger partial charge in [-0.05, 0) is 25.0 Å². The van der Waals surface area contributed by atoms with Crippen LogP contribution in [-0.2, 0) is 13.8 Å². The van der Waals surface area contributed by atoms with Gasteiger partial charge in [0.25, 0.3) is 5.56 Å². The highest BCUT2D eigenvalue weighted by atomic mass is 31.2. The predicted molar refractivity (Wildman–Crippen MR) is 87.3 cm³/mol. The van der Waals surface area contributed by atoms with Crippen molar-refractivity contribution in [2.75, 3.05) is 6.61 Å². The lowest BCUT2D eigenvalue weighted by Crippen LogP contribution is -2.31. The van der Waals surface area contributed by atoms with Crippen LogP contribution in [0.3, 0.4) is 0 Å². The summed E-state index contributed by atoms with van der Waals surface area (Å²) in [6.07, 6.45) is 1.36. The molecule has 1 aromatic heterocycles. The summed E-state index contributed by atoms with van der Waals surface area (Å²) in [4.78, 5) is 34.7. The number of phosphoric ester groups is 1. The molecule has 0 bridgehead atoms. The average Bonchev–Trinajstić information content (AvgIpc) is 3.02. The van der Waals surface area contributed by atoms with Crippen molar-refractivity contribution in [3.8, 4) is 5.75 Å². The van der Waals surface area contributed by atoms with Gasteiger partial charge in [-0.15, -0.1) is 0 Å². The van der Waals surface area contributed by atoms with Crippen molar-refractivity contribution in [2.24, 2.45) is 0 Å². The normalized spacial score (nSPS) is 22.4. The van der Waals surface area contributed by atoms with Crippen LogP contribution in [0.1, 0.15) is 19.1 Å². The first-order valence-corrected chi connectivity index (χ1v) is 9.11. The minimum absolute atomic E-state index is 0.158. The van der Waals surface area contributed by atoms with Gasteiger partial charge in [-0.2, -0.15) is 0 Å². The van der Waals surface area contributed by atoms with Crippen LogP contribution in [-0.4, -0.2) is 27.2 Å². The summed E-state index contributed by atoms with van der Waals surface area (Å²) >= 11 is 0. The maximum atomic E-state index is 11.9. The summed E-state index contributed by atoms with van der Waals surface area (Å²) in [7, 11) is -4.27. The van der Waals surface area contributed by atoms with Crippen LogP contribution in [0, 0.1) is 0 Å². The Kier molecular flexibility index (Phi) is 5.19. The molecule has 134 valence electrons. The summed E-state index contributed by atoms with van der Waals surface area (Å²) in [6, 6.07) is 9.39. The molecule has 0 radical (unpaired) electrons. The molecule has 1 fully saturated rings. The second-order valence-electron chi connectivity index (χ2n) is 5.48. The third kappa shape index (κ3) is 4.67. The Hall–Kier alpha value is -2.19. The number of nitrogens with one attached hydrogen (secondary N) is 1. The van der Waals surface area contributed by atoms with Crippen LogP contribution in [0.4, 0.5) is 0 Å². The van der Waals surface area contributed by atoms with E-state index in [-0.39, 0.29) is 12.4 Å². The molecular weight excluding hydrogens is 351 g/mol. The monoisotopic (exact) mass is 368 g/mol. The summed E-state index contributed by atoms with van der Waals surface area (Å²) in [5, 5.41) is 0. The van der Waals surface area contributed by atoms with Crippen LogP contribution >= 0.6 is 7.82 Å². The summed E-state index contributed by atoms with van der Waals surface area (Å²) in [5.41, 5.74) is -1.06. The smallest absolute Gasteiger partial charge is 0.404 e. The van der Waals surface area contributed by atoms with Gasteiger partial charge in [0, 0.05) is 12.3 Å². The van der Waals surface area contributed by atoms with Gasteiger partial charge in [-0.3, -0.25) is 23.8 Å². The number of hydrogen-bond donors (Lipinski definition) is 2. The molecule has 9 nitrogen and oxygen atoms in total. The van der Waals surface area contributed by atoms with E-state index in [9.17, 15) is 19.0 Å². The Morgan fingerprint density at radius 2 is 2.00 bits per heavy atom. The maximum Gasteiger partial charge on any atom is 0.527 e. The van der Waals surface area contributed by atoms with Gasteiger partial charge in [-0.25, -0.2) is 9.36 Å². The number of aromatic nitrogens is 2. The zero-order valence-electron chi connectivity index (χ0n) is 13.1. The van der Waals surface area contributed by atoms with E-state index >= 15 is 0 Å². The SMILES string of the molecule is O=c1ccn([C@H]2CC[C@@H](COP(=O)(O)Oc3ccccc3)O2)c(=O)[nH]1. The van der Waals surface area contributed by atoms with Gasteiger partial charge in [0.1, 0.15) is 12.0 Å². The highest BCUT2D eigenvalue weighted by Gasteiger charge is 2.31. The van der Waals surface area contributed by atoms with E-state index in [1.54, 1.807) is 18.2 Å². The number of H-pyrrole nitrogens is 1. The number of nitrogens with zero attached hydrogens (tertiary/aromatic N) is 1.